The van der Waals surface area contributed by atoms with Crippen LogP contribution >= 0.6 is 0 Å². The van der Waals surface area contributed by atoms with E-state index in [-0.39, 0.29) is 18.2 Å². The fourth-order valence-electron chi connectivity index (χ4n) is 5.46. The fraction of sp³-hybridized carbons (Fsp3) is 0.548. The third kappa shape index (κ3) is 7.28. The monoisotopic (exact) mass is 561 g/mol. The highest BCUT2D eigenvalue weighted by Crippen LogP contribution is 2.41. The lowest BCUT2D eigenvalue weighted by molar-refractivity contribution is 0.0491. The van der Waals surface area contributed by atoms with Gasteiger partial charge in [-0.25, -0.2) is 9.78 Å². The standard InChI is InChI=1S/C31H43N7O3/c1-31(2,3)41-30(39)33-23-11-13-24(14-12-23)36(4)29-32-18-17-27(34-29)38(20-21-7-15-25(40-6)16-8-21)28-19-26(22-9-10-22)37(5)35-28/h7-8,15-19,22-24H,9-14,20H2,1-6H3,(H,33,39). The third-order valence-electron chi connectivity index (χ3n) is 7.86. The van der Waals surface area contributed by atoms with E-state index in [0.29, 0.717) is 18.4 Å². The average Bonchev–Trinajstić information content (AvgIpc) is 3.72. The summed E-state index contributed by atoms with van der Waals surface area (Å²) in [7, 11) is 5.76. The number of amides is 1. The van der Waals surface area contributed by atoms with E-state index in [0.717, 1.165) is 48.6 Å². The Morgan fingerprint density at radius 3 is 2.39 bits per heavy atom. The molecule has 1 amide bonds. The van der Waals surface area contributed by atoms with E-state index in [1.165, 1.54) is 18.5 Å². The molecule has 1 aromatic carbocycles. The van der Waals surface area contributed by atoms with E-state index in [2.05, 4.69) is 45.3 Å². The van der Waals surface area contributed by atoms with E-state index in [9.17, 15) is 4.79 Å². The first-order valence-corrected chi connectivity index (χ1v) is 14.6. The van der Waals surface area contributed by atoms with E-state index < -0.39 is 5.60 Å². The van der Waals surface area contributed by atoms with Crippen molar-refractivity contribution >= 4 is 23.7 Å². The van der Waals surface area contributed by atoms with Gasteiger partial charge in [0.05, 0.1) is 13.7 Å². The Labute approximate surface area is 243 Å². The maximum atomic E-state index is 12.2. The first-order chi connectivity index (χ1) is 19.6. The Balaban J connectivity index is 1.31. The molecule has 1 N–H and O–H groups in total. The van der Waals surface area contributed by atoms with Crippen molar-refractivity contribution < 1.29 is 14.3 Å². The number of benzene rings is 1. The molecule has 3 aromatic rings. The van der Waals surface area contributed by atoms with Crippen molar-refractivity contribution in [1.29, 1.82) is 0 Å². The molecule has 2 aromatic heterocycles. The van der Waals surface area contributed by atoms with Crippen LogP contribution in [0.5, 0.6) is 5.75 Å². The molecule has 2 aliphatic rings. The molecule has 0 aliphatic heterocycles. The molecule has 0 spiro atoms. The summed E-state index contributed by atoms with van der Waals surface area (Å²) in [5, 5.41) is 7.93. The lowest BCUT2D eigenvalue weighted by Crippen LogP contribution is -2.44. The highest BCUT2D eigenvalue weighted by molar-refractivity contribution is 5.68. The molecule has 41 heavy (non-hydrogen) atoms. The number of carbonyl (C=O) groups excluding carboxylic acids is 1. The number of aryl methyl sites for hydroxylation is 1. The molecule has 10 nitrogen and oxygen atoms in total. The first kappa shape index (κ1) is 28.7. The number of rotatable bonds is 9. The second-order valence-electron chi connectivity index (χ2n) is 12.2. The van der Waals surface area contributed by atoms with Gasteiger partial charge in [0.15, 0.2) is 5.82 Å². The zero-order valence-electron chi connectivity index (χ0n) is 25.1. The van der Waals surface area contributed by atoms with Gasteiger partial charge in [-0.15, -0.1) is 0 Å². The summed E-state index contributed by atoms with van der Waals surface area (Å²) in [6.45, 7) is 6.26. The van der Waals surface area contributed by atoms with Gasteiger partial charge in [0.1, 0.15) is 17.2 Å². The number of hydrogen-bond acceptors (Lipinski definition) is 8. The van der Waals surface area contributed by atoms with E-state index >= 15 is 0 Å². The highest BCUT2D eigenvalue weighted by atomic mass is 16.6. The summed E-state index contributed by atoms with van der Waals surface area (Å²) < 4.78 is 12.8. The Kier molecular flexibility index (Phi) is 8.37. The van der Waals surface area contributed by atoms with Gasteiger partial charge in [-0.2, -0.15) is 10.1 Å². The molecule has 0 atom stereocenters. The predicted molar refractivity (Wildman–Crippen MR) is 160 cm³/mol. The number of methoxy groups -OCH3 is 1. The van der Waals surface area contributed by atoms with Gasteiger partial charge in [-0.05, 0) is 83.1 Å². The van der Waals surface area contributed by atoms with Crippen LogP contribution in [0.2, 0.25) is 0 Å². The number of hydrogen-bond donors (Lipinski definition) is 1. The predicted octanol–water partition coefficient (Wildman–Crippen LogP) is 5.71. The third-order valence-corrected chi connectivity index (χ3v) is 7.86. The van der Waals surface area contributed by atoms with Gasteiger partial charge in [-0.3, -0.25) is 4.68 Å². The van der Waals surface area contributed by atoms with E-state index in [4.69, 9.17) is 19.6 Å². The molecule has 2 saturated carbocycles. The molecular weight excluding hydrogens is 518 g/mol. The summed E-state index contributed by atoms with van der Waals surface area (Å²) in [6, 6.07) is 12.7. The van der Waals surface area contributed by atoms with Crippen molar-refractivity contribution in [3.8, 4) is 5.75 Å². The largest absolute Gasteiger partial charge is 0.497 e. The quantitative estimate of drug-likeness (QED) is 0.355. The van der Waals surface area contributed by atoms with Crippen LogP contribution < -0.4 is 19.9 Å². The Bertz CT molecular complexity index is 1320. The van der Waals surface area contributed by atoms with Crippen LogP contribution in [-0.2, 0) is 18.3 Å². The molecule has 5 rings (SSSR count). The van der Waals surface area contributed by atoms with Crippen molar-refractivity contribution in [2.75, 3.05) is 24.0 Å². The number of nitrogens with one attached hydrogen (secondary N) is 1. The van der Waals surface area contributed by atoms with E-state index in [1.807, 2.05) is 56.9 Å². The number of anilines is 3. The second kappa shape index (κ2) is 12.0. The number of nitrogens with zero attached hydrogens (tertiary/aromatic N) is 6. The highest BCUT2D eigenvalue weighted by Gasteiger charge is 2.30. The van der Waals surface area contributed by atoms with Crippen LogP contribution in [0.4, 0.5) is 22.4 Å². The molecule has 10 heteroatoms. The van der Waals surface area contributed by atoms with Gasteiger partial charge in [0, 0.05) is 50.1 Å². The zero-order chi connectivity index (χ0) is 29.1. The van der Waals surface area contributed by atoms with Crippen molar-refractivity contribution in [3.05, 3.63) is 53.9 Å². The van der Waals surface area contributed by atoms with Crippen LogP contribution in [0.3, 0.4) is 0 Å². The number of alkyl carbamates (subject to hydrolysis) is 1. The number of carbonyl (C=O) groups is 1. The molecule has 2 fully saturated rings. The minimum Gasteiger partial charge on any atom is -0.497 e. The molecule has 0 bridgehead atoms. The van der Waals surface area contributed by atoms with Crippen molar-refractivity contribution in [3.63, 3.8) is 0 Å². The summed E-state index contributed by atoms with van der Waals surface area (Å²) in [5.41, 5.74) is 1.90. The molecule has 220 valence electrons. The SMILES string of the molecule is COc1ccc(CN(c2ccnc(N(C)C3CCC(NC(=O)OC(C)(C)C)CC3)n2)c2cc(C3CC3)n(C)n2)cc1. The minimum absolute atomic E-state index is 0.117. The Morgan fingerprint density at radius 1 is 1.05 bits per heavy atom. The maximum absolute atomic E-state index is 12.2. The molecule has 2 heterocycles. The topological polar surface area (TPSA) is 97.6 Å². The van der Waals surface area contributed by atoms with Gasteiger partial charge < -0.3 is 24.6 Å². The van der Waals surface area contributed by atoms with Crippen LogP contribution in [0.1, 0.15) is 76.5 Å². The van der Waals surface area contributed by atoms with Crippen molar-refractivity contribution in [2.45, 2.75) is 89.4 Å². The molecular formula is C31H43N7O3. The number of ether oxygens (including phenoxy) is 2. The smallest absolute Gasteiger partial charge is 0.407 e. The van der Waals surface area contributed by atoms with Gasteiger partial charge >= 0.3 is 6.09 Å². The van der Waals surface area contributed by atoms with Crippen LogP contribution in [0, 0.1) is 0 Å². The summed E-state index contributed by atoms with van der Waals surface area (Å²) >= 11 is 0. The average molecular weight is 562 g/mol. The summed E-state index contributed by atoms with van der Waals surface area (Å²) in [6.07, 6.45) is 7.56. The second-order valence-corrected chi connectivity index (χ2v) is 12.2. The molecule has 0 saturated heterocycles. The van der Waals surface area contributed by atoms with Gasteiger partial charge in [-0.1, -0.05) is 12.1 Å². The summed E-state index contributed by atoms with van der Waals surface area (Å²) in [4.78, 5) is 26.2. The Hall–Kier alpha value is -3.82. The molecule has 2 aliphatic carbocycles. The van der Waals surface area contributed by atoms with Crippen molar-refractivity contribution in [1.82, 2.24) is 25.1 Å². The summed E-state index contributed by atoms with van der Waals surface area (Å²) in [5.74, 6) is 3.79. The minimum atomic E-state index is -0.500. The van der Waals surface area contributed by atoms with Crippen LogP contribution in [0.25, 0.3) is 0 Å². The van der Waals surface area contributed by atoms with Gasteiger partial charge in [0.2, 0.25) is 5.95 Å². The molecule has 0 unspecified atom stereocenters. The van der Waals surface area contributed by atoms with Gasteiger partial charge in [0.25, 0.3) is 0 Å². The first-order valence-electron chi connectivity index (χ1n) is 14.6. The van der Waals surface area contributed by atoms with Crippen LogP contribution in [0.15, 0.2) is 42.6 Å². The van der Waals surface area contributed by atoms with E-state index in [1.54, 1.807) is 7.11 Å². The van der Waals surface area contributed by atoms with Crippen LogP contribution in [-0.4, -0.2) is 57.7 Å². The van der Waals surface area contributed by atoms with Crippen molar-refractivity contribution in [2.24, 2.45) is 7.05 Å². The fourth-order valence-corrected chi connectivity index (χ4v) is 5.46. The Morgan fingerprint density at radius 2 is 1.76 bits per heavy atom. The molecule has 0 radical (unpaired) electrons. The normalized spacial score (nSPS) is 19.0. The maximum Gasteiger partial charge on any atom is 0.407 e. The number of aromatic nitrogens is 4. The zero-order valence-corrected chi connectivity index (χ0v) is 25.1. The lowest BCUT2D eigenvalue weighted by Gasteiger charge is -2.35. The lowest BCUT2D eigenvalue weighted by atomic mass is 9.90.